The lowest BCUT2D eigenvalue weighted by molar-refractivity contribution is -0.116. The lowest BCUT2D eigenvalue weighted by Gasteiger charge is -2.08. The molecule has 0 bridgehead atoms. The third-order valence-electron chi connectivity index (χ3n) is 3.10. The molecule has 1 aromatic carbocycles. The summed E-state index contributed by atoms with van der Waals surface area (Å²) >= 11 is 0. The molecule has 0 aliphatic heterocycles. The van der Waals surface area contributed by atoms with Crippen LogP contribution in [-0.2, 0) is 4.79 Å². The van der Waals surface area contributed by atoms with Gasteiger partial charge >= 0.3 is 0 Å². The Kier molecular flexibility index (Phi) is 5.10. The van der Waals surface area contributed by atoms with Crippen molar-refractivity contribution in [3.8, 4) is 18.0 Å². The van der Waals surface area contributed by atoms with Crippen LogP contribution in [-0.4, -0.2) is 20.7 Å². The molecule has 2 aromatic rings. The van der Waals surface area contributed by atoms with Crippen molar-refractivity contribution in [1.82, 2.24) is 14.8 Å². The number of aryl methyl sites for hydroxylation is 1. The third kappa shape index (κ3) is 4.18. The molecule has 0 fully saturated rings. The van der Waals surface area contributed by atoms with Crippen molar-refractivity contribution in [3.63, 3.8) is 0 Å². The Hall–Kier alpha value is -2.61. The second kappa shape index (κ2) is 7.25. The minimum Gasteiger partial charge on any atom is -0.326 e. The van der Waals surface area contributed by atoms with Crippen molar-refractivity contribution in [2.24, 2.45) is 0 Å². The summed E-state index contributed by atoms with van der Waals surface area (Å²) in [6.07, 6.45) is 9.72. The second-order valence-corrected chi connectivity index (χ2v) is 4.76. The van der Waals surface area contributed by atoms with E-state index >= 15 is 0 Å². The van der Waals surface area contributed by atoms with E-state index in [0.29, 0.717) is 6.42 Å². The van der Waals surface area contributed by atoms with E-state index in [1.165, 1.54) is 0 Å². The summed E-state index contributed by atoms with van der Waals surface area (Å²) in [4.78, 5) is 11.8. The lowest BCUT2D eigenvalue weighted by atomic mass is 10.2. The Morgan fingerprint density at radius 1 is 1.43 bits per heavy atom. The molecule has 0 aliphatic carbocycles. The fourth-order valence-corrected chi connectivity index (χ4v) is 2.02. The highest BCUT2D eigenvalue weighted by molar-refractivity contribution is 5.90. The molecule has 0 spiro atoms. The first-order valence-corrected chi connectivity index (χ1v) is 6.91. The Bertz CT molecular complexity index is 654. The van der Waals surface area contributed by atoms with Crippen LogP contribution in [0.1, 0.15) is 31.5 Å². The van der Waals surface area contributed by atoms with Crippen molar-refractivity contribution in [3.05, 3.63) is 36.4 Å². The number of hydrogen-bond donors (Lipinski definition) is 1. The van der Waals surface area contributed by atoms with Crippen molar-refractivity contribution in [2.75, 3.05) is 5.32 Å². The van der Waals surface area contributed by atoms with Gasteiger partial charge in [0, 0.05) is 18.5 Å². The Labute approximate surface area is 124 Å². The molecule has 5 heteroatoms. The number of hydrogen-bond acceptors (Lipinski definition) is 3. The molecule has 0 unspecified atom stereocenters. The van der Waals surface area contributed by atoms with Crippen LogP contribution in [0.25, 0.3) is 5.69 Å². The molecule has 0 radical (unpaired) electrons. The van der Waals surface area contributed by atoms with Gasteiger partial charge in [-0.25, -0.2) is 0 Å². The average molecular weight is 282 g/mol. The van der Waals surface area contributed by atoms with Crippen LogP contribution >= 0.6 is 0 Å². The number of amides is 1. The van der Waals surface area contributed by atoms with Gasteiger partial charge in [-0.3, -0.25) is 9.36 Å². The number of nitrogens with one attached hydrogen (secondary N) is 1. The molecule has 5 nitrogen and oxygen atoms in total. The summed E-state index contributed by atoms with van der Waals surface area (Å²) in [5.74, 6) is 3.38. The van der Waals surface area contributed by atoms with E-state index in [4.69, 9.17) is 6.42 Å². The minimum atomic E-state index is 0.00431. The van der Waals surface area contributed by atoms with E-state index in [1.54, 1.807) is 6.33 Å². The molecule has 1 amide bonds. The molecule has 1 aromatic heterocycles. The summed E-state index contributed by atoms with van der Waals surface area (Å²) in [6, 6.07) is 7.60. The standard InChI is InChI=1S/C16H18N4O/c1-3-4-5-6-10-16(21)18-14-8-7-9-15(11-14)20-12-17-19-13(20)2/h1,7-9,11-12H,4-6,10H2,2H3,(H,18,21). The van der Waals surface area contributed by atoms with Crippen molar-refractivity contribution in [2.45, 2.75) is 32.6 Å². The maximum Gasteiger partial charge on any atom is 0.224 e. The predicted octanol–water partition coefficient (Wildman–Crippen LogP) is 2.71. The Morgan fingerprint density at radius 3 is 3.00 bits per heavy atom. The largest absolute Gasteiger partial charge is 0.326 e. The molecule has 2 rings (SSSR count). The molecule has 1 heterocycles. The lowest BCUT2D eigenvalue weighted by Crippen LogP contribution is -2.11. The molecule has 0 saturated carbocycles. The van der Waals surface area contributed by atoms with E-state index in [1.807, 2.05) is 35.8 Å². The summed E-state index contributed by atoms with van der Waals surface area (Å²) in [5.41, 5.74) is 1.69. The fourth-order valence-electron chi connectivity index (χ4n) is 2.02. The van der Waals surface area contributed by atoms with Crippen molar-refractivity contribution < 1.29 is 4.79 Å². The fraction of sp³-hybridized carbons (Fsp3) is 0.312. The number of carbonyl (C=O) groups excluding carboxylic acids is 1. The topological polar surface area (TPSA) is 59.8 Å². The van der Waals surface area contributed by atoms with Crippen LogP contribution in [0.3, 0.4) is 0 Å². The molecule has 1 N–H and O–H groups in total. The first kappa shape index (κ1) is 14.8. The molecular weight excluding hydrogens is 264 g/mol. The smallest absolute Gasteiger partial charge is 0.224 e. The molecular formula is C16H18N4O. The highest BCUT2D eigenvalue weighted by atomic mass is 16.1. The number of aromatic nitrogens is 3. The van der Waals surface area contributed by atoms with E-state index in [9.17, 15) is 4.79 Å². The molecule has 0 atom stereocenters. The third-order valence-corrected chi connectivity index (χ3v) is 3.10. The van der Waals surface area contributed by atoms with Gasteiger partial charge in [0.25, 0.3) is 0 Å². The zero-order valence-corrected chi connectivity index (χ0v) is 12.0. The van der Waals surface area contributed by atoms with Crippen molar-refractivity contribution >= 4 is 11.6 Å². The summed E-state index contributed by atoms with van der Waals surface area (Å²) in [6.45, 7) is 1.88. The number of carbonyl (C=O) groups is 1. The van der Waals surface area contributed by atoms with Gasteiger partial charge < -0.3 is 5.32 Å². The van der Waals surface area contributed by atoms with Gasteiger partial charge in [0.2, 0.25) is 5.91 Å². The van der Waals surface area contributed by atoms with Crippen LogP contribution < -0.4 is 5.32 Å². The molecule has 108 valence electrons. The number of nitrogens with zero attached hydrogens (tertiary/aromatic N) is 3. The normalized spacial score (nSPS) is 10.1. The zero-order valence-electron chi connectivity index (χ0n) is 12.0. The van der Waals surface area contributed by atoms with Gasteiger partial charge in [-0.05, 0) is 38.0 Å². The van der Waals surface area contributed by atoms with Gasteiger partial charge in [0.1, 0.15) is 12.2 Å². The summed E-state index contributed by atoms with van der Waals surface area (Å²) in [7, 11) is 0. The van der Waals surface area contributed by atoms with Crippen LogP contribution in [0.4, 0.5) is 5.69 Å². The van der Waals surface area contributed by atoms with Gasteiger partial charge in [0.05, 0.1) is 5.69 Å². The number of terminal acetylenes is 1. The number of rotatable bonds is 6. The highest BCUT2D eigenvalue weighted by Crippen LogP contribution is 2.16. The van der Waals surface area contributed by atoms with Gasteiger partial charge in [-0.15, -0.1) is 22.5 Å². The van der Waals surface area contributed by atoms with Crippen molar-refractivity contribution in [1.29, 1.82) is 0 Å². The first-order chi connectivity index (χ1) is 10.2. The van der Waals surface area contributed by atoms with Crippen LogP contribution in [0, 0.1) is 19.3 Å². The summed E-state index contributed by atoms with van der Waals surface area (Å²) < 4.78 is 1.86. The molecule has 0 aliphatic rings. The van der Waals surface area contributed by atoms with E-state index in [2.05, 4.69) is 21.4 Å². The maximum atomic E-state index is 11.8. The molecule has 0 saturated heterocycles. The SMILES string of the molecule is C#CCCCCC(=O)Nc1cccc(-n2cnnc2C)c1. The van der Waals surface area contributed by atoms with Crippen LogP contribution in [0.2, 0.25) is 0 Å². The zero-order chi connectivity index (χ0) is 15.1. The van der Waals surface area contributed by atoms with E-state index in [0.717, 1.165) is 36.5 Å². The average Bonchev–Trinajstić information content (AvgIpc) is 2.90. The van der Waals surface area contributed by atoms with E-state index in [-0.39, 0.29) is 5.91 Å². The van der Waals surface area contributed by atoms with Crippen LogP contribution in [0.5, 0.6) is 0 Å². The number of benzene rings is 1. The Balaban J connectivity index is 1.97. The quantitative estimate of drug-likeness (QED) is 0.654. The minimum absolute atomic E-state index is 0.00431. The summed E-state index contributed by atoms with van der Waals surface area (Å²) in [5, 5.41) is 10.7. The first-order valence-electron chi connectivity index (χ1n) is 6.91. The monoisotopic (exact) mass is 282 g/mol. The highest BCUT2D eigenvalue weighted by Gasteiger charge is 2.05. The number of anilines is 1. The van der Waals surface area contributed by atoms with Gasteiger partial charge in [-0.2, -0.15) is 0 Å². The van der Waals surface area contributed by atoms with Gasteiger partial charge in [0.15, 0.2) is 0 Å². The molecule has 21 heavy (non-hydrogen) atoms. The number of unbranched alkanes of at least 4 members (excludes halogenated alkanes) is 2. The second-order valence-electron chi connectivity index (χ2n) is 4.76. The predicted molar refractivity (Wildman–Crippen MR) is 82.0 cm³/mol. The maximum absolute atomic E-state index is 11.8. The van der Waals surface area contributed by atoms with Gasteiger partial charge in [-0.1, -0.05) is 6.07 Å². The Morgan fingerprint density at radius 2 is 2.29 bits per heavy atom. The van der Waals surface area contributed by atoms with Crippen LogP contribution in [0.15, 0.2) is 30.6 Å². The van der Waals surface area contributed by atoms with E-state index < -0.39 is 0 Å².